The first kappa shape index (κ1) is 15.0. The van der Waals surface area contributed by atoms with Crippen molar-refractivity contribution in [2.75, 3.05) is 0 Å². The molecule has 0 aliphatic rings. The first-order valence-corrected chi connectivity index (χ1v) is 7.02. The third-order valence-corrected chi connectivity index (χ3v) is 3.07. The maximum atomic E-state index is 5.91. The van der Waals surface area contributed by atoms with Crippen molar-refractivity contribution in [3.8, 4) is 5.88 Å². The van der Waals surface area contributed by atoms with Crippen LogP contribution in [0.1, 0.15) is 64.5 Å². The highest BCUT2D eigenvalue weighted by atomic mass is 16.5. The highest BCUT2D eigenvalue weighted by Gasteiger charge is 2.11. The first-order chi connectivity index (χ1) is 8.65. The molecule has 0 aliphatic carbocycles. The summed E-state index contributed by atoms with van der Waals surface area (Å²) in [6.45, 7) is 6.28. The second-order valence-corrected chi connectivity index (χ2v) is 4.96. The van der Waals surface area contributed by atoms with Gasteiger partial charge in [0, 0.05) is 17.8 Å². The molecule has 1 rings (SSSR count). The fourth-order valence-corrected chi connectivity index (χ4v) is 1.96. The molecule has 2 atom stereocenters. The topological polar surface area (TPSA) is 48.1 Å². The van der Waals surface area contributed by atoms with Crippen molar-refractivity contribution < 1.29 is 4.74 Å². The largest absolute Gasteiger partial charge is 0.474 e. The predicted octanol–water partition coefficient (Wildman–Crippen LogP) is 3.84. The van der Waals surface area contributed by atoms with Crippen molar-refractivity contribution >= 4 is 0 Å². The SMILES string of the molecule is CCCCCCC(C)Oc1ncccc1[C@@H](C)N. The van der Waals surface area contributed by atoms with E-state index in [4.69, 9.17) is 10.5 Å². The van der Waals surface area contributed by atoms with E-state index in [-0.39, 0.29) is 12.1 Å². The summed E-state index contributed by atoms with van der Waals surface area (Å²) in [4.78, 5) is 4.28. The van der Waals surface area contributed by atoms with Crippen molar-refractivity contribution in [1.29, 1.82) is 0 Å². The zero-order valence-corrected chi connectivity index (χ0v) is 11.9. The van der Waals surface area contributed by atoms with Gasteiger partial charge in [-0.1, -0.05) is 32.3 Å². The van der Waals surface area contributed by atoms with E-state index in [0.29, 0.717) is 5.88 Å². The lowest BCUT2D eigenvalue weighted by Crippen LogP contribution is -2.16. The molecule has 0 spiro atoms. The van der Waals surface area contributed by atoms with Crippen LogP contribution < -0.4 is 10.5 Å². The molecule has 1 aromatic rings. The maximum absolute atomic E-state index is 5.91. The van der Waals surface area contributed by atoms with Crippen LogP contribution in [0.3, 0.4) is 0 Å². The van der Waals surface area contributed by atoms with Crippen LogP contribution in [0.25, 0.3) is 0 Å². The third kappa shape index (κ3) is 5.05. The van der Waals surface area contributed by atoms with Crippen LogP contribution in [0, 0.1) is 0 Å². The minimum atomic E-state index is -0.0407. The Labute approximate surface area is 111 Å². The van der Waals surface area contributed by atoms with Crippen molar-refractivity contribution in [2.24, 2.45) is 5.73 Å². The summed E-state index contributed by atoms with van der Waals surface area (Å²) < 4.78 is 5.90. The number of rotatable bonds is 8. The Bertz CT molecular complexity index is 339. The van der Waals surface area contributed by atoms with Gasteiger partial charge in [0.25, 0.3) is 0 Å². The molecule has 0 aromatic carbocycles. The zero-order chi connectivity index (χ0) is 13.4. The smallest absolute Gasteiger partial charge is 0.218 e. The number of pyridine rings is 1. The second kappa shape index (κ2) is 8.09. The molecule has 3 heteroatoms. The molecule has 0 amide bonds. The molecule has 0 bridgehead atoms. The van der Waals surface area contributed by atoms with E-state index in [1.165, 1.54) is 25.7 Å². The Balaban J connectivity index is 2.46. The van der Waals surface area contributed by atoms with E-state index in [2.05, 4.69) is 18.8 Å². The number of aromatic nitrogens is 1. The van der Waals surface area contributed by atoms with Gasteiger partial charge in [0.15, 0.2) is 0 Å². The number of unbranched alkanes of at least 4 members (excludes halogenated alkanes) is 3. The fourth-order valence-electron chi connectivity index (χ4n) is 1.96. The second-order valence-electron chi connectivity index (χ2n) is 4.96. The summed E-state index contributed by atoms with van der Waals surface area (Å²) in [7, 11) is 0. The van der Waals surface area contributed by atoms with Gasteiger partial charge in [-0.2, -0.15) is 0 Å². The lowest BCUT2D eigenvalue weighted by Gasteiger charge is -2.17. The van der Waals surface area contributed by atoms with Gasteiger partial charge in [-0.25, -0.2) is 4.98 Å². The quantitative estimate of drug-likeness (QED) is 0.713. The van der Waals surface area contributed by atoms with Gasteiger partial charge in [-0.3, -0.25) is 0 Å². The lowest BCUT2D eigenvalue weighted by molar-refractivity contribution is 0.195. The highest BCUT2D eigenvalue weighted by molar-refractivity contribution is 5.28. The van der Waals surface area contributed by atoms with Crippen LogP contribution in [0.15, 0.2) is 18.3 Å². The van der Waals surface area contributed by atoms with Crippen LogP contribution in [0.5, 0.6) is 5.88 Å². The van der Waals surface area contributed by atoms with Crippen LogP contribution in [-0.4, -0.2) is 11.1 Å². The Morgan fingerprint density at radius 2 is 2.06 bits per heavy atom. The number of nitrogens with two attached hydrogens (primary N) is 1. The van der Waals surface area contributed by atoms with Gasteiger partial charge in [-0.15, -0.1) is 0 Å². The maximum Gasteiger partial charge on any atom is 0.218 e. The third-order valence-electron chi connectivity index (χ3n) is 3.07. The average molecular weight is 250 g/mol. The molecule has 18 heavy (non-hydrogen) atoms. The molecule has 2 N–H and O–H groups in total. The molecule has 0 radical (unpaired) electrons. The summed E-state index contributed by atoms with van der Waals surface area (Å²) in [5.41, 5.74) is 6.89. The molecule has 3 nitrogen and oxygen atoms in total. The van der Waals surface area contributed by atoms with Crippen molar-refractivity contribution in [3.05, 3.63) is 23.9 Å². The normalized spacial score (nSPS) is 14.2. The van der Waals surface area contributed by atoms with Gasteiger partial charge in [-0.05, 0) is 32.8 Å². The van der Waals surface area contributed by atoms with Gasteiger partial charge >= 0.3 is 0 Å². The average Bonchev–Trinajstić information content (AvgIpc) is 2.35. The summed E-state index contributed by atoms with van der Waals surface area (Å²) in [6.07, 6.45) is 8.11. The Morgan fingerprint density at radius 3 is 2.72 bits per heavy atom. The van der Waals surface area contributed by atoms with E-state index in [9.17, 15) is 0 Å². The molecule has 0 aliphatic heterocycles. The van der Waals surface area contributed by atoms with E-state index >= 15 is 0 Å². The van der Waals surface area contributed by atoms with E-state index in [1.807, 2.05) is 19.1 Å². The molecule has 1 unspecified atom stereocenters. The molecule has 0 saturated heterocycles. The standard InChI is InChI=1S/C15H26N2O/c1-4-5-6-7-9-12(2)18-15-14(13(3)16)10-8-11-17-15/h8,10-13H,4-7,9,16H2,1-3H3/t12?,13-/m1/s1. The number of hydrogen-bond acceptors (Lipinski definition) is 3. The summed E-state index contributed by atoms with van der Waals surface area (Å²) in [5, 5.41) is 0. The fraction of sp³-hybridized carbons (Fsp3) is 0.667. The molecule has 0 fully saturated rings. The highest BCUT2D eigenvalue weighted by Crippen LogP contribution is 2.22. The summed E-state index contributed by atoms with van der Waals surface area (Å²) in [5.74, 6) is 0.690. The number of ether oxygens (including phenoxy) is 1. The molecule has 0 saturated carbocycles. The monoisotopic (exact) mass is 250 g/mol. The Kier molecular flexibility index (Phi) is 6.73. The van der Waals surface area contributed by atoms with Crippen LogP contribution in [0.4, 0.5) is 0 Å². The van der Waals surface area contributed by atoms with Gasteiger partial charge in [0.1, 0.15) is 0 Å². The number of nitrogens with zero attached hydrogens (tertiary/aromatic N) is 1. The van der Waals surface area contributed by atoms with Gasteiger partial charge in [0.2, 0.25) is 5.88 Å². The van der Waals surface area contributed by atoms with E-state index < -0.39 is 0 Å². The Morgan fingerprint density at radius 1 is 1.28 bits per heavy atom. The van der Waals surface area contributed by atoms with E-state index in [1.54, 1.807) is 6.20 Å². The molecular weight excluding hydrogens is 224 g/mol. The zero-order valence-electron chi connectivity index (χ0n) is 11.9. The lowest BCUT2D eigenvalue weighted by atomic mass is 10.1. The minimum Gasteiger partial charge on any atom is -0.474 e. The predicted molar refractivity (Wildman–Crippen MR) is 75.7 cm³/mol. The summed E-state index contributed by atoms with van der Waals surface area (Å²) in [6, 6.07) is 3.84. The molecule has 102 valence electrons. The van der Waals surface area contributed by atoms with Crippen molar-refractivity contribution in [2.45, 2.75) is 65.0 Å². The molecule has 1 aromatic heterocycles. The van der Waals surface area contributed by atoms with Crippen molar-refractivity contribution in [3.63, 3.8) is 0 Å². The number of hydrogen-bond donors (Lipinski definition) is 1. The summed E-state index contributed by atoms with van der Waals surface area (Å²) >= 11 is 0. The van der Waals surface area contributed by atoms with Crippen LogP contribution >= 0.6 is 0 Å². The van der Waals surface area contributed by atoms with Gasteiger partial charge in [0.05, 0.1) is 6.10 Å². The minimum absolute atomic E-state index is 0.0407. The Hall–Kier alpha value is -1.09. The van der Waals surface area contributed by atoms with Crippen LogP contribution in [0.2, 0.25) is 0 Å². The van der Waals surface area contributed by atoms with E-state index in [0.717, 1.165) is 12.0 Å². The van der Waals surface area contributed by atoms with Crippen LogP contribution in [-0.2, 0) is 0 Å². The van der Waals surface area contributed by atoms with Gasteiger partial charge < -0.3 is 10.5 Å². The first-order valence-electron chi connectivity index (χ1n) is 7.02. The molecule has 1 heterocycles. The van der Waals surface area contributed by atoms with Crippen molar-refractivity contribution in [1.82, 2.24) is 4.98 Å². The molecular formula is C15H26N2O.